The quantitative estimate of drug-likeness (QED) is 0.241. The van der Waals surface area contributed by atoms with Gasteiger partial charge in [0.2, 0.25) is 0 Å². The summed E-state index contributed by atoms with van der Waals surface area (Å²) in [4.78, 5) is 11.1. The minimum atomic E-state index is -0.0422. The molecular weight excluding hydrogens is 260 g/mol. The van der Waals surface area contributed by atoms with Crippen LogP contribution in [0.25, 0.3) is 0 Å². The molecular formula is C16H31ClO2. The van der Waals surface area contributed by atoms with E-state index in [9.17, 15) is 4.79 Å². The summed E-state index contributed by atoms with van der Waals surface area (Å²) in [5, 5.41) is 0. The van der Waals surface area contributed by atoms with Crippen LogP contribution in [0.4, 0.5) is 0 Å². The number of rotatable bonds is 14. The maximum Gasteiger partial charge on any atom is 0.305 e. The highest BCUT2D eigenvalue weighted by Gasteiger charge is 2.00. The maximum absolute atomic E-state index is 11.1. The molecule has 0 saturated heterocycles. The highest BCUT2D eigenvalue weighted by molar-refractivity contribution is 6.17. The average molecular weight is 291 g/mol. The Morgan fingerprint density at radius 2 is 1.21 bits per heavy atom. The minimum Gasteiger partial charge on any atom is -0.466 e. The van der Waals surface area contributed by atoms with Gasteiger partial charge in [0, 0.05) is 12.3 Å². The lowest BCUT2D eigenvalue weighted by Gasteiger charge is -2.03. The van der Waals surface area contributed by atoms with Crippen molar-refractivity contribution in [3.63, 3.8) is 0 Å². The first kappa shape index (κ1) is 18.8. The molecule has 0 saturated carbocycles. The SMILES string of the molecule is CCOC(=O)CCCCCCCCCCCCCCl. The van der Waals surface area contributed by atoms with Crippen molar-refractivity contribution in [2.45, 2.75) is 84.0 Å². The van der Waals surface area contributed by atoms with Crippen molar-refractivity contribution in [3.05, 3.63) is 0 Å². The fraction of sp³-hybridized carbons (Fsp3) is 0.938. The van der Waals surface area contributed by atoms with Gasteiger partial charge in [-0.3, -0.25) is 4.79 Å². The smallest absolute Gasteiger partial charge is 0.305 e. The number of alkyl halides is 1. The number of halogens is 1. The monoisotopic (exact) mass is 290 g/mol. The third-order valence-electron chi connectivity index (χ3n) is 3.32. The van der Waals surface area contributed by atoms with Gasteiger partial charge in [0.1, 0.15) is 0 Å². The molecule has 0 bridgehead atoms. The van der Waals surface area contributed by atoms with Gasteiger partial charge in [-0.1, -0.05) is 57.8 Å². The summed E-state index contributed by atoms with van der Waals surface area (Å²) in [5.41, 5.74) is 0. The van der Waals surface area contributed by atoms with E-state index in [0.29, 0.717) is 13.0 Å². The Labute approximate surface area is 124 Å². The zero-order chi connectivity index (χ0) is 14.2. The molecule has 0 heterocycles. The van der Waals surface area contributed by atoms with Gasteiger partial charge in [0.25, 0.3) is 0 Å². The Hall–Kier alpha value is -0.240. The van der Waals surface area contributed by atoms with Gasteiger partial charge in [-0.15, -0.1) is 11.6 Å². The molecule has 0 spiro atoms. The maximum atomic E-state index is 11.1. The van der Waals surface area contributed by atoms with Crippen molar-refractivity contribution in [2.75, 3.05) is 12.5 Å². The summed E-state index contributed by atoms with van der Waals surface area (Å²) in [6, 6.07) is 0. The Morgan fingerprint density at radius 3 is 1.63 bits per heavy atom. The van der Waals surface area contributed by atoms with E-state index in [1.165, 1.54) is 57.8 Å². The van der Waals surface area contributed by atoms with Crippen LogP contribution in [0.1, 0.15) is 84.0 Å². The summed E-state index contributed by atoms with van der Waals surface area (Å²) in [7, 11) is 0. The zero-order valence-electron chi connectivity index (χ0n) is 12.6. The normalized spacial score (nSPS) is 10.6. The largest absolute Gasteiger partial charge is 0.466 e. The van der Waals surface area contributed by atoms with Crippen molar-refractivity contribution in [2.24, 2.45) is 0 Å². The topological polar surface area (TPSA) is 26.3 Å². The Morgan fingerprint density at radius 1 is 0.789 bits per heavy atom. The third kappa shape index (κ3) is 15.7. The van der Waals surface area contributed by atoms with Gasteiger partial charge in [0.05, 0.1) is 6.61 Å². The van der Waals surface area contributed by atoms with E-state index in [-0.39, 0.29) is 5.97 Å². The van der Waals surface area contributed by atoms with Crippen molar-refractivity contribution >= 4 is 17.6 Å². The van der Waals surface area contributed by atoms with Crippen LogP contribution >= 0.6 is 11.6 Å². The molecule has 0 N–H and O–H groups in total. The second kappa shape index (κ2) is 15.8. The van der Waals surface area contributed by atoms with Crippen LogP contribution < -0.4 is 0 Å². The number of carbonyl (C=O) groups is 1. The lowest BCUT2D eigenvalue weighted by Crippen LogP contribution is -2.03. The summed E-state index contributed by atoms with van der Waals surface area (Å²) in [5.74, 6) is 0.769. The van der Waals surface area contributed by atoms with Crippen molar-refractivity contribution in [3.8, 4) is 0 Å². The summed E-state index contributed by atoms with van der Waals surface area (Å²) < 4.78 is 4.89. The fourth-order valence-corrected chi connectivity index (χ4v) is 2.38. The Balaban J connectivity index is 3.01. The first-order chi connectivity index (χ1) is 9.31. The molecule has 0 aliphatic carbocycles. The van der Waals surface area contributed by atoms with E-state index < -0.39 is 0 Å². The molecule has 0 radical (unpaired) electrons. The highest BCUT2D eigenvalue weighted by Crippen LogP contribution is 2.12. The highest BCUT2D eigenvalue weighted by atomic mass is 35.5. The molecule has 0 aromatic carbocycles. The number of hydrogen-bond donors (Lipinski definition) is 0. The molecule has 0 aromatic heterocycles. The molecule has 19 heavy (non-hydrogen) atoms. The second-order valence-electron chi connectivity index (χ2n) is 5.13. The molecule has 0 aromatic rings. The third-order valence-corrected chi connectivity index (χ3v) is 3.59. The van der Waals surface area contributed by atoms with Crippen molar-refractivity contribution in [1.82, 2.24) is 0 Å². The molecule has 0 amide bonds. The van der Waals surface area contributed by atoms with Gasteiger partial charge in [-0.25, -0.2) is 0 Å². The summed E-state index contributed by atoms with van der Waals surface area (Å²) in [6.07, 6.45) is 14.5. The van der Waals surface area contributed by atoms with Crippen LogP contribution in [0.15, 0.2) is 0 Å². The Kier molecular flexibility index (Phi) is 15.6. The van der Waals surface area contributed by atoms with Gasteiger partial charge in [0.15, 0.2) is 0 Å². The lowest BCUT2D eigenvalue weighted by atomic mass is 10.1. The van der Waals surface area contributed by atoms with E-state index in [2.05, 4.69) is 0 Å². The van der Waals surface area contributed by atoms with Crippen LogP contribution in [0.5, 0.6) is 0 Å². The molecule has 114 valence electrons. The van der Waals surface area contributed by atoms with Crippen LogP contribution in [0.2, 0.25) is 0 Å². The van der Waals surface area contributed by atoms with Gasteiger partial charge < -0.3 is 4.74 Å². The van der Waals surface area contributed by atoms with Crippen LogP contribution in [-0.2, 0) is 9.53 Å². The standard InChI is InChI=1S/C16H31ClO2/c1-2-19-16(18)14-12-10-8-6-4-3-5-7-9-11-13-15-17/h2-15H2,1H3. The van der Waals surface area contributed by atoms with Gasteiger partial charge >= 0.3 is 5.97 Å². The number of hydrogen-bond acceptors (Lipinski definition) is 2. The number of carbonyl (C=O) groups excluding carboxylic acids is 1. The lowest BCUT2D eigenvalue weighted by molar-refractivity contribution is -0.143. The second-order valence-corrected chi connectivity index (χ2v) is 5.51. The number of esters is 1. The molecule has 0 aliphatic heterocycles. The van der Waals surface area contributed by atoms with Crippen LogP contribution in [0.3, 0.4) is 0 Å². The summed E-state index contributed by atoms with van der Waals surface area (Å²) >= 11 is 5.63. The molecule has 3 heteroatoms. The van der Waals surface area contributed by atoms with Crippen LogP contribution in [0, 0.1) is 0 Å². The van der Waals surface area contributed by atoms with Crippen molar-refractivity contribution in [1.29, 1.82) is 0 Å². The predicted octanol–water partition coefficient (Wildman–Crippen LogP) is 5.47. The van der Waals surface area contributed by atoms with Crippen LogP contribution in [-0.4, -0.2) is 18.5 Å². The van der Waals surface area contributed by atoms with E-state index >= 15 is 0 Å². The van der Waals surface area contributed by atoms with E-state index in [1.54, 1.807) is 0 Å². The fourth-order valence-electron chi connectivity index (χ4n) is 2.19. The van der Waals surface area contributed by atoms with E-state index in [1.807, 2.05) is 6.92 Å². The average Bonchev–Trinajstić information content (AvgIpc) is 2.40. The first-order valence-corrected chi connectivity index (χ1v) is 8.56. The van der Waals surface area contributed by atoms with Gasteiger partial charge in [-0.05, 0) is 19.8 Å². The van der Waals surface area contributed by atoms with Gasteiger partial charge in [-0.2, -0.15) is 0 Å². The number of ether oxygens (including phenoxy) is 1. The first-order valence-electron chi connectivity index (χ1n) is 8.02. The van der Waals surface area contributed by atoms with E-state index in [4.69, 9.17) is 16.3 Å². The molecule has 0 unspecified atom stereocenters. The predicted molar refractivity (Wildman–Crippen MR) is 82.8 cm³/mol. The molecule has 0 atom stereocenters. The number of unbranched alkanes of at least 4 members (excludes halogenated alkanes) is 10. The zero-order valence-corrected chi connectivity index (χ0v) is 13.3. The van der Waals surface area contributed by atoms with Crippen molar-refractivity contribution < 1.29 is 9.53 Å². The molecule has 0 aliphatic rings. The Bertz CT molecular complexity index is 195. The molecule has 0 fully saturated rings. The molecule has 0 rings (SSSR count). The summed E-state index contributed by atoms with van der Waals surface area (Å²) in [6.45, 7) is 2.36. The van der Waals surface area contributed by atoms with E-state index in [0.717, 1.165) is 18.7 Å². The minimum absolute atomic E-state index is 0.0422. The molecule has 2 nitrogen and oxygen atoms in total.